The first-order valence-corrected chi connectivity index (χ1v) is 7.64. The van der Waals surface area contributed by atoms with Crippen LogP contribution >= 0.6 is 11.3 Å². The minimum atomic E-state index is -0.896. The number of carboxylic acids is 1. The predicted octanol–water partition coefficient (Wildman–Crippen LogP) is 2.75. The van der Waals surface area contributed by atoms with Crippen molar-refractivity contribution in [2.45, 2.75) is 52.2 Å². The number of hydrogen-bond donors (Lipinski definition) is 1. The molecule has 2 atom stereocenters. The molecule has 0 bridgehead atoms. The van der Waals surface area contributed by atoms with E-state index in [9.17, 15) is 9.90 Å². The SMILES string of the molecule is CC1CN(c2nc(C(C)(C)C)c(C(=O)O)s2)C(C)CO1. The van der Waals surface area contributed by atoms with E-state index in [2.05, 4.69) is 16.8 Å². The number of ether oxygens (including phenoxy) is 1. The molecule has 2 rings (SSSR count). The van der Waals surface area contributed by atoms with Gasteiger partial charge in [0, 0.05) is 12.0 Å². The molecular weight excluding hydrogens is 276 g/mol. The Balaban J connectivity index is 2.40. The largest absolute Gasteiger partial charge is 0.477 e. The summed E-state index contributed by atoms with van der Waals surface area (Å²) in [5, 5.41) is 10.2. The molecule has 1 N–H and O–H groups in total. The molecular formula is C14H22N2O3S. The van der Waals surface area contributed by atoms with Crippen molar-refractivity contribution in [2.75, 3.05) is 18.1 Å². The molecule has 6 heteroatoms. The number of hydrogen-bond acceptors (Lipinski definition) is 5. The molecule has 0 radical (unpaired) electrons. The zero-order chi connectivity index (χ0) is 15.1. The van der Waals surface area contributed by atoms with Gasteiger partial charge in [-0.3, -0.25) is 0 Å². The van der Waals surface area contributed by atoms with Gasteiger partial charge in [0.1, 0.15) is 4.88 Å². The summed E-state index contributed by atoms with van der Waals surface area (Å²) < 4.78 is 5.61. The highest BCUT2D eigenvalue weighted by atomic mass is 32.1. The van der Waals surface area contributed by atoms with Gasteiger partial charge in [0.2, 0.25) is 0 Å². The molecule has 1 aromatic heterocycles. The molecule has 0 amide bonds. The van der Waals surface area contributed by atoms with Crippen LogP contribution in [0.1, 0.15) is 50.0 Å². The number of nitrogens with zero attached hydrogens (tertiary/aromatic N) is 2. The summed E-state index contributed by atoms with van der Waals surface area (Å²) in [6, 6.07) is 0.215. The van der Waals surface area contributed by atoms with E-state index in [1.165, 1.54) is 11.3 Å². The quantitative estimate of drug-likeness (QED) is 0.909. The molecule has 0 spiro atoms. The third-order valence-electron chi connectivity index (χ3n) is 3.37. The van der Waals surface area contributed by atoms with Gasteiger partial charge in [-0.25, -0.2) is 9.78 Å². The van der Waals surface area contributed by atoms with Crippen molar-refractivity contribution in [3.8, 4) is 0 Å². The first kappa shape index (κ1) is 15.3. The number of thiazole rings is 1. The Morgan fingerprint density at radius 3 is 2.60 bits per heavy atom. The summed E-state index contributed by atoms with van der Waals surface area (Å²) in [7, 11) is 0. The molecule has 112 valence electrons. The second-order valence-electron chi connectivity index (χ2n) is 6.37. The van der Waals surface area contributed by atoms with Gasteiger partial charge in [0.15, 0.2) is 5.13 Å². The Morgan fingerprint density at radius 2 is 2.10 bits per heavy atom. The van der Waals surface area contributed by atoms with Crippen LogP contribution in [0.3, 0.4) is 0 Å². The monoisotopic (exact) mass is 298 g/mol. The standard InChI is InChI=1S/C14H22N2O3S/c1-8-7-19-9(2)6-16(8)13-15-11(14(3,4)5)10(20-13)12(17)18/h8-9H,6-7H2,1-5H3,(H,17,18). The molecule has 20 heavy (non-hydrogen) atoms. The zero-order valence-corrected chi connectivity index (χ0v) is 13.5. The first-order valence-electron chi connectivity index (χ1n) is 6.83. The highest BCUT2D eigenvalue weighted by molar-refractivity contribution is 7.17. The summed E-state index contributed by atoms with van der Waals surface area (Å²) in [4.78, 5) is 18.6. The van der Waals surface area contributed by atoms with E-state index in [1.807, 2.05) is 27.7 Å². The van der Waals surface area contributed by atoms with E-state index in [4.69, 9.17) is 4.74 Å². The van der Waals surface area contributed by atoms with Gasteiger partial charge in [0.25, 0.3) is 0 Å². The van der Waals surface area contributed by atoms with Crippen molar-refractivity contribution >= 4 is 22.4 Å². The highest BCUT2D eigenvalue weighted by Crippen LogP contribution is 2.35. The maximum Gasteiger partial charge on any atom is 0.347 e. The number of rotatable bonds is 2. The molecule has 0 aromatic carbocycles. The molecule has 0 saturated carbocycles. The zero-order valence-electron chi connectivity index (χ0n) is 12.6. The summed E-state index contributed by atoms with van der Waals surface area (Å²) in [6.07, 6.45) is 0.140. The molecule has 1 aliphatic heterocycles. The minimum absolute atomic E-state index is 0.140. The second-order valence-corrected chi connectivity index (χ2v) is 7.35. The Morgan fingerprint density at radius 1 is 1.45 bits per heavy atom. The molecule has 0 aliphatic carbocycles. The van der Waals surface area contributed by atoms with Crippen LogP contribution in [0.4, 0.5) is 5.13 Å². The Labute approximate surface area is 123 Å². The van der Waals surface area contributed by atoms with Gasteiger partial charge < -0.3 is 14.7 Å². The molecule has 5 nitrogen and oxygen atoms in total. The number of carbonyl (C=O) groups is 1. The Kier molecular flexibility index (Phi) is 4.07. The third kappa shape index (κ3) is 2.96. The molecule has 1 aliphatic rings. The maximum atomic E-state index is 11.4. The number of morpholine rings is 1. The number of anilines is 1. The van der Waals surface area contributed by atoms with E-state index in [0.717, 1.165) is 11.7 Å². The highest BCUT2D eigenvalue weighted by Gasteiger charge is 2.31. The van der Waals surface area contributed by atoms with Gasteiger partial charge in [0.05, 0.1) is 24.4 Å². The molecule has 2 heterocycles. The normalized spacial score (nSPS) is 23.9. The van der Waals surface area contributed by atoms with Crippen LogP contribution in [0.15, 0.2) is 0 Å². The molecule has 1 aromatic rings. The van der Waals surface area contributed by atoms with Crippen LogP contribution in [-0.4, -0.2) is 41.4 Å². The first-order chi connectivity index (χ1) is 9.20. The maximum absolute atomic E-state index is 11.4. The fourth-order valence-corrected chi connectivity index (χ4v) is 3.48. The van der Waals surface area contributed by atoms with Crippen LogP contribution in [0.25, 0.3) is 0 Å². The number of aromatic carboxylic acids is 1. The molecule has 2 unspecified atom stereocenters. The Bertz CT molecular complexity index is 507. The van der Waals surface area contributed by atoms with Gasteiger partial charge in [-0.2, -0.15) is 0 Å². The van der Waals surface area contributed by atoms with Crippen molar-refractivity contribution in [3.05, 3.63) is 10.6 Å². The van der Waals surface area contributed by atoms with Gasteiger partial charge in [-0.05, 0) is 13.8 Å². The van der Waals surface area contributed by atoms with E-state index in [-0.39, 0.29) is 17.6 Å². The predicted molar refractivity (Wildman–Crippen MR) is 80.0 cm³/mol. The van der Waals surface area contributed by atoms with Crippen molar-refractivity contribution in [3.63, 3.8) is 0 Å². The van der Waals surface area contributed by atoms with E-state index in [1.54, 1.807) is 0 Å². The van der Waals surface area contributed by atoms with Crippen molar-refractivity contribution in [1.82, 2.24) is 4.98 Å². The average Bonchev–Trinajstić information content (AvgIpc) is 2.77. The fourth-order valence-electron chi connectivity index (χ4n) is 2.25. The minimum Gasteiger partial charge on any atom is -0.477 e. The summed E-state index contributed by atoms with van der Waals surface area (Å²) in [5.74, 6) is -0.896. The fraction of sp³-hybridized carbons (Fsp3) is 0.714. The average molecular weight is 298 g/mol. The molecule has 1 saturated heterocycles. The van der Waals surface area contributed by atoms with Crippen molar-refractivity contribution in [2.24, 2.45) is 0 Å². The number of aromatic nitrogens is 1. The second kappa shape index (κ2) is 5.33. The van der Waals surface area contributed by atoms with Crippen LogP contribution < -0.4 is 4.90 Å². The molecule has 1 fully saturated rings. The van der Waals surface area contributed by atoms with E-state index >= 15 is 0 Å². The lowest BCUT2D eigenvalue weighted by atomic mass is 9.91. The third-order valence-corrected chi connectivity index (χ3v) is 4.45. The van der Waals surface area contributed by atoms with Crippen molar-refractivity contribution in [1.29, 1.82) is 0 Å². The summed E-state index contributed by atoms with van der Waals surface area (Å²) in [5.41, 5.74) is 0.389. The van der Waals surface area contributed by atoms with Crippen LogP contribution in [-0.2, 0) is 10.2 Å². The van der Waals surface area contributed by atoms with Crippen LogP contribution in [0.5, 0.6) is 0 Å². The van der Waals surface area contributed by atoms with Crippen molar-refractivity contribution < 1.29 is 14.6 Å². The lowest BCUT2D eigenvalue weighted by Gasteiger charge is -2.36. The lowest BCUT2D eigenvalue weighted by molar-refractivity contribution is 0.0343. The van der Waals surface area contributed by atoms with Gasteiger partial charge >= 0.3 is 5.97 Å². The smallest absolute Gasteiger partial charge is 0.347 e. The topological polar surface area (TPSA) is 62.7 Å². The van der Waals surface area contributed by atoms with Crippen LogP contribution in [0, 0.1) is 0 Å². The van der Waals surface area contributed by atoms with Crippen LogP contribution in [0.2, 0.25) is 0 Å². The van der Waals surface area contributed by atoms with Gasteiger partial charge in [-0.15, -0.1) is 0 Å². The van der Waals surface area contributed by atoms with E-state index < -0.39 is 5.97 Å². The lowest BCUT2D eigenvalue weighted by Crippen LogP contribution is -2.47. The summed E-state index contributed by atoms with van der Waals surface area (Å²) in [6.45, 7) is 11.5. The van der Waals surface area contributed by atoms with E-state index in [0.29, 0.717) is 17.2 Å². The number of carboxylic acid groups (broad SMARTS) is 1. The summed E-state index contributed by atoms with van der Waals surface area (Å²) >= 11 is 1.27. The Hall–Kier alpha value is -1.14. The van der Waals surface area contributed by atoms with Gasteiger partial charge in [-0.1, -0.05) is 32.1 Å².